The zero-order valence-electron chi connectivity index (χ0n) is 42.6. The van der Waals surface area contributed by atoms with Crippen LogP contribution in [0, 0.1) is 23.7 Å². The van der Waals surface area contributed by atoms with Crippen molar-refractivity contribution in [3.05, 3.63) is 41.6 Å². The lowest BCUT2D eigenvalue weighted by Gasteiger charge is -2.34. The molecule has 63 heavy (non-hydrogen) atoms. The quantitative estimate of drug-likeness (QED) is 0.0324. The van der Waals surface area contributed by atoms with Crippen LogP contribution in [-0.2, 0) is 36.8 Å². The fourth-order valence-corrected chi connectivity index (χ4v) is 9.18. The number of imide groups is 1. The van der Waals surface area contributed by atoms with E-state index < -0.39 is 5.91 Å². The Kier molecular flexibility index (Phi) is 39.4. The van der Waals surface area contributed by atoms with Gasteiger partial charge in [0.2, 0.25) is 6.41 Å². The minimum Gasteiger partial charge on any atom is -0.493 e. The third-order valence-electron chi connectivity index (χ3n) is 11.5. The first-order valence-corrected chi connectivity index (χ1v) is 27.4. The fourth-order valence-electron chi connectivity index (χ4n) is 7.51. The third kappa shape index (κ3) is 33.4. The highest BCUT2D eigenvalue weighted by molar-refractivity contribution is 8.76. The summed E-state index contributed by atoms with van der Waals surface area (Å²) in [5.74, 6) is 6.05. The van der Waals surface area contributed by atoms with Crippen molar-refractivity contribution in [1.82, 2.24) is 15.5 Å². The summed E-state index contributed by atoms with van der Waals surface area (Å²) in [7, 11) is 7.15. The standard InChI is InChI=1S/C41H73NO3S2.C5H8N2O2.C4H10O.C2H6/c1-8-40(41(45-33(4)5)29-36-18-11-19-36)44-26-28-47-46-27-25-43-39-21-20-38-31-42(24-22-37(38)30-39)23-12-17-35(7)16-10-15-34(6)14-9-13-32(2)3;1-6-3-2-5(9)7-4-8;1-4(2)5-3;1-2/h20-21,30,32-36,40-41H,8-19,22-29,31H2,1-7H3;2-4,6H,1H3,(H,7,8,9);4H,1-3H3;1-2H3/b;3-2-;;. The molecule has 0 spiro atoms. The predicted molar refractivity (Wildman–Crippen MR) is 274 cm³/mol. The van der Waals surface area contributed by atoms with Gasteiger partial charge in [0.15, 0.2) is 0 Å². The van der Waals surface area contributed by atoms with Crippen molar-refractivity contribution in [3.63, 3.8) is 0 Å². The second kappa shape index (κ2) is 40.5. The molecule has 1 fully saturated rings. The normalized spacial score (nSPS) is 15.7. The van der Waals surface area contributed by atoms with Crippen molar-refractivity contribution in [2.24, 2.45) is 23.7 Å². The molecule has 2 amide bonds. The number of nitrogens with one attached hydrogen (secondary N) is 2. The van der Waals surface area contributed by atoms with Crippen molar-refractivity contribution < 1.29 is 28.5 Å². The number of amides is 2. The van der Waals surface area contributed by atoms with E-state index in [1.807, 2.05) is 54.6 Å². The molecule has 1 heterocycles. The molecule has 4 unspecified atom stereocenters. The number of hydrogen-bond acceptors (Lipinski definition) is 10. The molecule has 11 heteroatoms. The molecule has 1 aromatic carbocycles. The zero-order valence-corrected chi connectivity index (χ0v) is 44.3. The van der Waals surface area contributed by atoms with Crippen LogP contribution in [0.25, 0.3) is 0 Å². The van der Waals surface area contributed by atoms with E-state index in [-0.39, 0.29) is 18.3 Å². The van der Waals surface area contributed by atoms with Crippen LogP contribution >= 0.6 is 21.6 Å². The maximum Gasteiger partial charge on any atom is 0.251 e. The first-order valence-electron chi connectivity index (χ1n) is 24.9. The molecule has 368 valence electrons. The molecule has 9 nitrogen and oxygen atoms in total. The van der Waals surface area contributed by atoms with E-state index in [4.69, 9.17) is 18.9 Å². The van der Waals surface area contributed by atoms with E-state index in [0.717, 1.165) is 79.9 Å². The first-order chi connectivity index (χ1) is 30.3. The molecule has 1 aromatic rings. The number of methoxy groups -OCH3 is 1. The molecule has 4 atom stereocenters. The van der Waals surface area contributed by atoms with Gasteiger partial charge < -0.3 is 24.3 Å². The molecule has 0 aromatic heterocycles. The molecule has 0 radical (unpaired) electrons. The van der Waals surface area contributed by atoms with Crippen molar-refractivity contribution >= 4 is 33.9 Å². The summed E-state index contributed by atoms with van der Waals surface area (Å²) in [5, 5.41) is 4.53. The molecule has 0 saturated heterocycles. The number of nitrogens with zero attached hydrogens (tertiary/aromatic N) is 1. The number of hydrogen-bond donors (Lipinski definition) is 2. The largest absolute Gasteiger partial charge is 0.493 e. The molecule has 2 N–H and O–H groups in total. The Morgan fingerprint density at radius 2 is 1.48 bits per heavy atom. The number of benzene rings is 1. The second-order valence-corrected chi connectivity index (χ2v) is 20.9. The van der Waals surface area contributed by atoms with E-state index in [1.54, 1.807) is 14.2 Å². The number of ether oxygens (including phenoxy) is 4. The van der Waals surface area contributed by atoms with Crippen LogP contribution in [0.5, 0.6) is 5.75 Å². The third-order valence-corrected chi connectivity index (χ3v) is 13.8. The topological polar surface area (TPSA) is 98.4 Å². The Bertz CT molecular complexity index is 1260. The molecule has 3 rings (SSSR count). The number of rotatable bonds is 31. The van der Waals surface area contributed by atoms with Gasteiger partial charge in [-0.1, -0.05) is 134 Å². The van der Waals surface area contributed by atoms with Gasteiger partial charge in [-0.2, -0.15) is 0 Å². The van der Waals surface area contributed by atoms with Gasteiger partial charge in [-0.05, 0) is 113 Å². The Morgan fingerprint density at radius 1 is 0.857 bits per heavy atom. The van der Waals surface area contributed by atoms with Crippen LogP contribution in [0.4, 0.5) is 0 Å². The molecular formula is C52H97N3O6S2. The van der Waals surface area contributed by atoms with Crippen LogP contribution in [0.3, 0.4) is 0 Å². The van der Waals surface area contributed by atoms with E-state index in [2.05, 4.69) is 76.9 Å². The molecular weight excluding hydrogens is 827 g/mol. The van der Waals surface area contributed by atoms with Gasteiger partial charge in [-0.3, -0.25) is 19.8 Å². The lowest BCUT2D eigenvalue weighted by Crippen LogP contribution is -2.36. The number of fused-ring (bicyclic) bond motifs is 1. The summed E-state index contributed by atoms with van der Waals surface area (Å²) in [4.78, 5) is 22.6. The van der Waals surface area contributed by atoms with Gasteiger partial charge in [-0.15, -0.1) is 0 Å². The first kappa shape index (κ1) is 61.2. The monoisotopic (exact) mass is 924 g/mol. The molecule has 1 saturated carbocycles. The van der Waals surface area contributed by atoms with Crippen LogP contribution in [0.2, 0.25) is 0 Å². The van der Waals surface area contributed by atoms with Crippen molar-refractivity contribution in [2.45, 2.75) is 197 Å². The van der Waals surface area contributed by atoms with Crippen LogP contribution in [0.15, 0.2) is 30.5 Å². The summed E-state index contributed by atoms with van der Waals surface area (Å²) in [5.41, 5.74) is 2.98. The summed E-state index contributed by atoms with van der Waals surface area (Å²) in [6.45, 7) is 29.2. The predicted octanol–water partition coefficient (Wildman–Crippen LogP) is 12.7. The minimum absolute atomic E-state index is 0.213. The summed E-state index contributed by atoms with van der Waals surface area (Å²) >= 11 is 0. The maximum absolute atomic E-state index is 10.3. The van der Waals surface area contributed by atoms with Crippen LogP contribution in [-0.4, -0.2) is 93.6 Å². The van der Waals surface area contributed by atoms with Gasteiger partial charge in [-0.25, -0.2) is 0 Å². The van der Waals surface area contributed by atoms with Gasteiger partial charge in [0.25, 0.3) is 5.91 Å². The molecule has 0 bridgehead atoms. The Hall–Kier alpha value is -1.76. The van der Waals surface area contributed by atoms with E-state index in [1.165, 1.54) is 107 Å². The second-order valence-electron chi connectivity index (χ2n) is 18.2. The van der Waals surface area contributed by atoms with E-state index in [0.29, 0.717) is 12.5 Å². The lowest BCUT2D eigenvalue weighted by molar-refractivity contribution is -0.121. The fraction of sp³-hybridized carbons (Fsp3) is 0.808. The van der Waals surface area contributed by atoms with Crippen LogP contribution in [0.1, 0.15) is 171 Å². The molecule has 1 aliphatic heterocycles. The van der Waals surface area contributed by atoms with Gasteiger partial charge in [0, 0.05) is 51.0 Å². The summed E-state index contributed by atoms with van der Waals surface area (Å²) in [6.07, 6.45) is 22.7. The number of carbonyl (C=O) groups excluding carboxylic acids is 2. The molecule has 1 aliphatic carbocycles. The van der Waals surface area contributed by atoms with Crippen molar-refractivity contribution in [3.8, 4) is 5.75 Å². The van der Waals surface area contributed by atoms with Crippen molar-refractivity contribution in [2.75, 3.05) is 52.0 Å². The summed E-state index contributed by atoms with van der Waals surface area (Å²) in [6, 6.07) is 6.80. The van der Waals surface area contributed by atoms with Crippen LogP contribution < -0.4 is 15.4 Å². The Balaban J connectivity index is 0.00000204. The minimum atomic E-state index is -0.431. The lowest BCUT2D eigenvalue weighted by atomic mass is 9.80. The van der Waals surface area contributed by atoms with Crippen molar-refractivity contribution in [1.29, 1.82) is 0 Å². The average Bonchev–Trinajstić information content (AvgIpc) is 3.24. The molecule has 2 aliphatic rings. The SMILES string of the molecule is CC.CCC(OCCSSCCOc1ccc2c(c1)CCN(CCCC(C)CCCC(C)CCCC(C)C)C2)C(CC1CCC1)OC(C)C.CN/C=C\C(=O)NC=O.COC(C)C. The Morgan fingerprint density at radius 3 is 2.02 bits per heavy atom. The van der Waals surface area contributed by atoms with Gasteiger partial charge in [0.05, 0.1) is 37.6 Å². The van der Waals surface area contributed by atoms with E-state index >= 15 is 0 Å². The smallest absolute Gasteiger partial charge is 0.251 e. The van der Waals surface area contributed by atoms with Gasteiger partial charge in [0.1, 0.15) is 5.75 Å². The highest BCUT2D eigenvalue weighted by Crippen LogP contribution is 2.33. The Labute approximate surface area is 396 Å². The number of carbonyl (C=O) groups is 2. The highest BCUT2D eigenvalue weighted by Gasteiger charge is 2.29. The highest BCUT2D eigenvalue weighted by atomic mass is 33.1. The van der Waals surface area contributed by atoms with E-state index in [9.17, 15) is 9.59 Å². The van der Waals surface area contributed by atoms with Gasteiger partial charge >= 0.3 is 0 Å². The summed E-state index contributed by atoms with van der Waals surface area (Å²) < 4.78 is 23.5. The maximum atomic E-state index is 10.3. The zero-order chi connectivity index (χ0) is 47.3. The average molecular weight is 924 g/mol.